The maximum absolute atomic E-state index is 13.6. The second-order valence-electron chi connectivity index (χ2n) is 9.25. The largest absolute Gasteiger partial charge is 0.391 e. The summed E-state index contributed by atoms with van der Waals surface area (Å²) in [4.78, 5) is 4.68. The van der Waals surface area contributed by atoms with Gasteiger partial charge in [-0.05, 0) is 86.4 Å². The Labute approximate surface area is 189 Å². The van der Waals surface area contributed by atoms with E-state index in [1.54, 1.807) is 0 Å². The summed E-state index contributed by atoms with van der Waals surface area (Å²) in [5.41, 5.74) is 3.57. The third-order valence-electron chi connectivity index (χ3n) is 7.66. The first-order valence-corrected chi connectivity index (χ1v) is 11.7. The van der Waals surface area contributed by atoms with E-state index in [2.05, 4.69) is 33.3 Å². The first-order chi connectivity index (χ1) is 15.1. The number of aliphatic hydroxyl groups excluding tert-OH is 1. The number of rotatable bonds is 4. The van der Waals surface area contributed by atoms with Gasteiger partial charge in [0.2, 0.25) is 0 Å². The van der Waals surface area contributed by atoms with Crippen molar-refractivity contribution < 1.29 is 9.50 Å². The number of nitrogens with one attached hydrogen (secondary N) is 1. The van der Waals surface area contributed by atoms with Crippen LogP contribution in [0.1, 0.15) is 42.0 Å². The number of aliphatic hydroxyl groups is 1. The van der Waals surface area contributed by atoms with Crippen LogP contribution in [-0.4, -0.2) is 58.8 Å². The molecule has 2 atom stereocenters. The molecule has 1 unspecified atom stereocenters. The highest BCUT2D eigenvalue weighted by Crippen LogP contribution is 2.43. The molecule has 6 rings (SSSR count). The number of nitrogens with zero attached hydrogens (tertiary/aromatic N) is 2. The summed E-state index contributed by atoms with van der Waals surface area (Å²) >= 11 is 5.83. The van der Waals surface area contributed by atoms with Gasteiger partial charge in [-0.15, -0.1) is 0 Å². The van der Waals surface area contributed by atoms with E-state index in [1.165, 1.54) is 23.3 Å². The van der Waals surface area contributed by atoms with E-state index in [9.17, 15) is 9.50 Å². The predicted octanol–water partition coefficient (Wildman–Crippen LogP) is 3.49. The Morgan fingerprint density at radius 3 is 2.45 bits per heavy atom. The monoisotopic (exact) mass is 439 g/mol. The Bertz CT molecular complexity index is 928. The van der Waals surface area contributed by atoms with Crippen LogP contribution in [0.3, 0.4) is 0 Å². The van der Waals surface area contributed by atoms with Gasteiger partial charge in [0, 0.05) is 18.5 Å². The number of benzene rings is 2. The molecule has 0 spiro atoms. The van der Waals surface area contributed by atoms with Gasteiger partial charge in [0.15, 0.2) is 5.11 Å². The van der Waals surface area contributed by atoms with Crippen molar-refractivity contribution in [1.82, 2.24) is 15.1 Å². The zero-order valence-corrected chi connectivity index (χ0v) is 18.6. The molecule has 4 nitrogen and oxygen atoms in total. The number of hydrogen-bond acceptors (Lipinski definition) is 3. The average Bonchev–Trinajstić information content (AvgIpc) is 2.83. The van der Waals surface area contributed by atoms with Crippen molar-refractivity contribution in [1.29, 1.82) is 0 Å². The topological polar surface area (TPSA) is 38.7 Å². The summed E-state index contributed by atoms with van der Waals surface area (Å²) in [6.07, 6.45) is 3.72. The lowest BCUT2D eigenvalue weighted by molar-refractivity contribution is -0.0660. The summed E-state index contributed by atoms with van der Waals surface area (Å²) in [6.45, 7) is 4.55. The highest BCUT2D eigenvalue weighted by molar-refractivity contribution is 7.80. The number of piperidine rings is 3. The zero-order valence-electron chi connectivity index (χ0n) is 17.8. The Morgan fingerprint density at radius 2 is 1.74 bits per heavy atom. The number of thiocarbonyl (C=S) groups is 1. The maximum Gasteiger partial charge on any atom is 0.169 e. The van der Waals surface area contributed by atoms with Crippen LogP contribution in [0.4, 0.5) is 4.39 Å². The summed E-state index contributed by atoms with van der Waals surface area (Å²) in [6, 6.07) is 15.1. The van der Waals surface area contributed by atoms with Gasteiger partial charge in [-0.25, -0.2) is 4.39 Å². The molecule has 4 aliphatic rings. The van der Waals surface area contributed by atoms with Gasteiger partial charge >= 0.3 is 0 Å². The Hall–Kier alpha value is -2.02. The van der Waals surface area contributed by atoms with E-state index in [1.807, 2.05) is 18.2 Å². The van der Waals surface area contributed by atoms with Crippen LogP contribution in [0.15, 0.2) is 48.5 Å². The van der Waals surface area contributed by atoms with Crippen molar-refractivity contribution >= 4 is 17.3 Å². The van der Waals surface area contributed by atoms with E-state index in [0.717, 1.165) is 57.4 Å². The molecule has 0 saturated carbocycles. The molecule has 6 heteroatoms. The van der Waals surface area contributed by atoms with Gasteiger partial charge in [0.05, 0.1) is 12.1 Å². The molecule has 31 heavy (non-hydrogen) atoms. The summed E-state index contributed by atoms with van der Waals surface area (Å²) < 4.78 is 13.6. The molecular formula is C25H30FN3OS. The molecule has 4 heterocycles. The van der Waals surface area contributed by atoms with Crippen LogP contribution in [0.25, 0.3) is 0 Å². The lowest BCUT2D eigenvalue weighted by Gasteiger charge is -2.51. The quantitative estimate of drug-likeness (QED) is 0.714. The van der Waals surface area contributed by atoms with Crippen LogP contribution in [-0.2, 0) is 6.42 Å². The minimum atomic E-state index is -0.394. The molecule has 3 saturated heterocycles. The first kappa shape index (κ1) is 20.9. The van der Waals surface area contributed by atoms with Gasteiger partial charge in [-0.1, -0.05) is 36.4 Å². The van der Waals surface area contributed by atoms with E-state index >= 15 is 0 Å². The van der Waals surface area contributed by atoms with Crippen LogP contribution in [0.5, 0.6) is 0 Å². The minimum absolute atomic E-state index is 0.0300. The van der Waals surface area contributed by atoms with E-state index < -0.39 is 6.10 Å². The Morgan fingerprint density at radius 1 is 1.06 bits per heavy atom. The molecule has 3 fully saturated rings. The molecule has 2 aromatic carbocycles. The molecular weight excluding hydrogens is 409 g/mol. The lowest BCUT2D eigenvalue weighted by atomic mass is 9.68. The fourth-order valence-electron chi connectivity index (χ4n) is 5.64. The van der Waals surface area contributed by atoms with Gasteiger partial charge in [-0.2, -0.15) is 0 Å². The fraction of sp³-hybridized carbons (Fsp3) is 0.480. The lowest BCUT2D eigenvalue weighted by Crippen LogP contribution is -2.56. The number of halogens is 1. The van der Waals surface area contributed by atoms with Crippen molar-refractivity contribution in [2.75, 3.05) is 32.7 Å². The van der Waals surface area contributed by atoms with Gasteiger partial charge in [0.1, 0.15) is 5.82 Å². The highest BCUT2D eigenvalue weighted by atomic mass is 32.1. The maximum atomic E-state index is 13.6. The number of fused-ring (bicyclic) bond motifs is 4. The van der Waals surface area contributed by atoms with E-state index in [4.69, 9.17) is 12.2 Å². The molecule has 2 N–H and O–H groups in total. The third kappa shape index (κ3) is 3.97. The third-order valence-corrected chi connectivity index (χ3v) is 8.04. The number of hydrogen-bond donors (Lipinski definition) is 2. The van der Waals surface area contributed by atoms with Crippen LogP contribution >= 0.6 is 12.2 Å². The standard InChI is InChI=1S/C25H30FN3OS/c26-20-7-5-19(6-8-20)23-21-4-2-1-3-18(21)9-13-29(23)24(31)27-17-22(30)25-10-14-28(15-11-25)16-12-25/h1-8,22-23,30H,9-17H2,(H,27,31)/t22?,23-/m0/s1. The molecule has 164 valence electrons. The van der Waals surface area contributed by atoms with E-state index in [0.29, 0.717) is 11.7 Å². The van der Waals surface area contributed by atoms with Crippen LogP contribution in [0, 0.1) is 11.2 Å². The van der Waals surface area contributed by atoms with Crippen molar-refractivity contribution in [2.24, 2.45) is 5.41 Å². The van der Waals surface area contributed by atoms with Crippen molar-refractivity contribution in [3.63, 3.8) is 0 Å². The second kappa shape index (κ2) is 8.49. The van der Waals surface area contributed by atoms with Gasteiger partial charge < -0.3 is 20.2 Å². The average molecular weight is 440 g/mol. The summed E-state index contributed by atoms with van der Waals surface area (Å²) in [5.74, 6) is -0.235. The van der Waals surface area contributed by atoms with Crippen molar-refractivity contribution in [3.8, 4) is 0 Å². The molecule has 2 bridgehead atoms. The van der Waals surface area contributed by atoms with Crippen molar-refractivity contribution in [2.45, 2.75) is 37.8 Å². The first-order valence-electron chi connectivity index (χ1n) is 11.3. The van der Waals surface area contributed by atoms with Gasteiger partial charge in [-0.3, -0.25) is 0 Å². The normalized spacial score (nSPS) is 28.1. The predicted molar refractivity (Wildman–Crippen MR) is 124 cm³/mol. The Kier molecular flexibility index (Phi) is 5.71. The smallest absolute Gasteiger partial charge is 0.169 e. The Balaban J connectivity index is 1.34. The summed E-state index contributed by atoms with van der Waals surface area (Å²) in [5, 5.41) is 15.1. The highest BCUT2D eigenvalue weighted by Gasteiger charge is 2.44. The fourth-order valence-corrected chi connectivity index (χ4v) is 5.92. The second-order valence-corrected chi connectivity index (χ2v) is 9.64. The molecule has 0 aromatic heterocycles. The van der Waals surface area contributed by atoms with Crippen molar-refractivity contribution in [3.05, 3.63) is 71.0 Å². The SMILES string of the molecule is OC(CNC(=S)N1CCc2ccccc2[C@@H]1c1ccc(F)cc1)C12CCN(CC1)CC2. The molecule has 0 amide bonds. The molecule has 2 aromatic rings. The van der Waals surface area contributed by atoms with Crippen LogP contribution in [0.2, 0.25) is 0 Å². The molecule has 4 aliphatic heterocycles. The minimum Gasteiger partial charge on any atom is -0.391 e. The van der Waals surface area contributed by atoms with Gasteiger partial charge in [0.25, 0.3) is 0 Å². The molecule has 0 aliphatic carbocycles. The van der Waals surface area contributed by atoms with E-state index in [-0.39, 0.29) is 17.3 Å². The van der Waals surface area contributed by atoms with Crippen LogP contribution < -0.4 is 5.32 Å². The zero-order chi connectivity index (χ0) is 21.4. The summed E-state index contributed by atoms with van der Waals surface area (Å²) in [7, 11) is 0. The molecule has 0 radical (unpaired) electrons.